The van der Waals surface area contributed by atoms with Gasteiger partial charge in [-0.25, -0.2) is 9.97 Å². The van der Waals surface area contributed by atoms with Crippen LogP contribution in [-0.4, -0.2) is 9.97 Å². The van der Waals surface area contributed by atoms with Crippen molar-refractivity contribution in [3.8, 4) is 10.7 Å². The molecule has 0 unspecified atom stereocenters. The fraction of sp³-hybridized carbons (Fsp3) is 0.250. The SMILES string of the molecule is Cc1cc(C)c2c(Cl)nc(-c3cc(C)c(C)s3)nc2c1. The van der Waals surface area contributed by atoms with E-state index in [0.29, 0.717) is 11.0 Å². The van der Waals surface area contributed by atoms with Gasteiger partial charge in [-0.3, -0.25) is 0 Å². The van der Waals surface area contributed by atoms with Crippen LogP contribution in [0.25, 0.3) is 21.6 Å². The first kappa shape index (κ1) is 13.5. The van der Waals surface area contributed by atoms with E-state index in [-0.39, 0.29) is 0 Å². The maximum absolute atomic E-state index is 6.37. The summed E-state index contributed by atoms with van der Waals surface area (Å²) in [6.45, 7) is 8.33. The van der Waals surface area contributed by atoms with Gasteiger partial charge in [-0.15, -0.1) is 11.3 Å². The molecule has 0 aliphatic rings. The Morgan fingerprint density at radius 3 is 2.35 bits per heavy atom. The number of benzene rings is 1. The smallest absolute Gasteiger partial charge is 0.171 e. The zero-order valence-electron chi connectivity index (χ0n) is 11.9. The lowest BCUT2D eigenvalue weighted by Gasteiger charge is -2.07. The second-order valence-electron chi connectivity index (χ2n) is 5.16. The Hall–Kier alpha value is -1.45. The van der Waals surface area contributed by atoms with Gasteiger partial charge in [0.05, 0.1) is 10.4 Å². The largest absolute Gasteiger partial charge is 0.227 e. The summed E-state index contributed by atoms with van der Waals surface area (Å²) in [4.78, 5) is 11.5. The lowest BCUT2D eigenvalue weighted by molar-refractivity contribution is 1.22. The molecule has 0 spiro atoms. The molecule has 102 valence electrons. The second-order valence-corrected chi connectivity index (χ2v) is 6.78. The molecule has 2 aromatic heterocycles. The molecule has 3 rings (SSSR count). The summed E-state index contributed by atoms with van der Waals surface area (Å²) in [7, 11) is 0. The van der Waals surface area contributed by atoms with Crippen LogP contribution in [0.4, 0.5) is 0 Å². The third-order valence-corrected chi connectivity index (χ3v) is 4.90. The molecule has 0 aliphatic heterocycles. The minimum absolute atomic E-state index is 0.534. The van der Waals surface area contributed by atoms with Crippen molar-refractivity contribution in [2.45, 2.75) is 27.7 Å². The zero-order valence-corrected chi connectivity index (χ0v) is 13.5. The van der Waals surface area contributed by atoms with Gasteiger partial charge in [0, 0.05) is 10.3 Å². The predicted molar refractivity (Wildman–Crippen MR) is 86.8 cm³/mol. The first-order valence-corrected chi connectivity index (χ1v) is 7.67. The van der Waals surface area contributed by atoms with Crippen LogP contribution in [0.1, 0.15) is 21.6 Å². The number of halogens is 1. The van der Waals surface area contributed by atoms with Gasteiger partial charge in [0.1, 0.15) is 5.15 Å². The molecule has 2 nitrogen and oxygen atoms in total. The van der Waals surface area contributed by atoms with Crippen LogP contribution < -0.4 is 0 Å². The summed E-state index contributed by atoms with van der Waals surface area (Å²) in [5.74, 6) is 0.716. The zero-order chi connectivity index (χ0) is 14.4. The Labute approximate surface area is 127 Å². The Balaban J connectivity index is 2.28. The number of aromatic nitrogens is 2. The van der Waals surface area contributed by atoms with E-state index in [0.717, 1.165) is 21.3 Å². The predicted octanol–water partition coefficient (Wildman–Crippen LogP) is 5.25. The number of hydrogen-bond acceptors (Lipinski definition) is 3. The van der Waals surface area contributed by atoms with Gasteiger partial charge in [-0.1, -0.05) is 17.7 Å². The van der Waals surface area contributed by atoms with Gasteiger partial charge in [0.15, 0.2) is 5.82 Å². The summed E-state index contributed by atoms with van der Waals surface area (Å²) in [6.07, 6.45) is 0. The Morgan fingerprint density at radius 1 is 0.950 bits per heavy atom. The molecule has 0 aliphatic carbocycles. The van der Waals surface area contributed by atoms with E-state index in [1.165, 1.54) is 16.0 Å². The second kappa shape index (κ2) is 4.83. The van der Waals surface area contributed by atoms with Crippen LogP contribution in [0.3, 0.4) is 0 Å². The van der Waals surface area contributed by atoms with Crippen molar-refractivity contribution in [2.75, 3.05) is 0 Å². The molecule has 2 heterocycles. The molecule has 0 radical (unpaired) electrons. The monoisotopic (exact) mass is 302 g/mol. The van der Waals surface area contributed by atoms with E-state index >= 15 is 0 Å². The van der Waals surface area contributed by atoms with Crippen molar-refractivity contribution in [3.63, 3.8) is 0 Å². The van der Waals surface area contributed by atoms with Crippen LogP contribution in [0.2, 0.25) is 5.15 Å². The van der Waals surface area contributed by atoms with E-state index in [2.05, 4.69) is 44.0 Å². The molecule has 0 N–H and O–H groups in total. The molecule has 0 bridgehead atoms. The molecule has 3 aromatic rings. The average Bonchev–Trinajstić information content (AvgIpc) is 2.68. The number of nitrogens with zero attached hydrogens (tertiary/aromatic N) is 2. The topological polar surface area (TPSA) is 25.8 Å². The average molecular weight is 303 g/mol. The highest BCUT2D eigenvalue weighted by Crippen LogP contribution is 2.32. The quantitative estimate of drug-likeness (QED) is 0.574. The van der Waals surface area contributed by atoms with Crippen LogP contribution in [0.5, 0.6) is 0 Å². The first-order valence-electron chi connectivity index (χ1n) is 6.47. The molecule has 0 saturated carbocycles. The van der Waals surface area contributed by atoms with E-state index in [9.17, 15) is 0 Å². The molecular weight excluding hydrogens is 288 g/mol. The number of fused-ring (bicyclic) bond motifs is 1. The van der Waals surface area contributed by atoms with Gasteiger partial charge < -0.3 is 0 Å². The molecule has 1 aromatic carbocycles. The maximum atomic E-state index is 6.37. The molecule has 0 amide bonds. The highest BCUT2D eigenvalue weighted by atomic mass is 35.5. The highest BCUT2D eigenvalue weighted by Gasteiger charge is 2.12. The fourth-order valence-corrected chi connectivity index (χ4v) is 3.68. The maximum Gasteiger partial charge on any atom is 0.171 e. The van der Waals surface area contributed by atoms with Gasteiger partial charge in [0.2, 0.25) is 0 Å². The minimum Gasteiger partial charge on any atom is -0.227 e. The minimum atomic E-state index is 0.534. The van der Waals surface area contributed by atoms with Crippen molar-refractivity contribution >= 4 is 33.8 Å². The van der Waals surface area contributed by atoms with Crippen LogP contribution in [0.15, 0.2) is 18.2 Å². The molecular formula is C16H15ClN2S. The van der Waals surface area contributed by atoms with Crippen molar-refractivity contribution < 1.29 is 0 Å². The summed E-state index contributed by atoms with van der Waals surface area (Å²) in [5, 5.41) is 1.48. The molecule has 0 atom stereocenters. The third kappa shape index (κ3) is 2.21. The van der Waals surface area contributed by atoms with Crippen molar-refractivity contribution in [3.05, 3.63) is 44.9 Å². The number of aryl methyl sites for hydroxylation is 4. The van der Waals surface area contributed by atoms with Crippen LogP contribution in [-0.2, 0) is 0 Å². The summed E-state index contributed by atoms with van der Waals surface area (Å²) in [6, 6.07) is 6.30. The van der Waals surface area contributed by atoms with E-state index in [1.807, 2.05) is 6.92 Å². The van der Waals surface area contributed by atoms with E-state index in [4.69, 9.17) is 16.6 Å². The Bertz CT molecular complexity index is 801. The third-order valence-electron chi connectivity index (χ3n) is 3.48. The normalized spacial score (nSPS) is 11.2. The highest BCUT2D eigenvalue weighted by molar-refractivity contribution is 7.15. The first-order chi connectivity index (χ1) is 9.45. The molecule has 0 saturated heterocycles. The number of rotatable bonds is 1. The molecule has 20 heavy (non-hydrogen) atoms. The number of thiophene rings is 1. The van der Waals surface area contributed by atoms with Gasteiger partial charge >= 0.3 is 0 Å². The van der Waals surface area contributed by atoms with Gasteiger partial charge in [0.25, 0.3) is 0 Å². The van der Waals surface area contributed by atoms with Crippen molar-refractivity contribution in [1.82, 2.24) is 9.97 Å². The van der Waals surface area contributed by atoms with Crippen LogP contribution in [0, 0.1) is 27.7 Å². The van der Waals surface area contributed by atoms with Crippen molar-refractivity contribution in [1.29, 1.82) is 0 Å². The molecule has 0 fully saturated rings. The van der Waals surface area contributed by atoms with E-state index < -0.39 is 0 Å². The lowest BCUT2D eigenvalue weighted by atomic mass is 10.1. The lowest BCUT2D eigenvalue weighted by Crippen LogP contribution is -1.93. The Kier molecular flexibility index (Phi) is 3.27. The molecule has 4 heteroatoms. The summed E-state index contributed by atoms with van der Waals surface area (Å²) < 4.78 is 0. The summed E-state index contributed by atoms with van der Waals surface area (Å²) in [5.41, 5.74) is 4.50. The van der Waals surface area contributed by atoms with Crippen molar-refractivity contribution in [2.24, 2.45) is 0 Å². The Morgan fingerprint density at radius 2 is 1.70 bits per heavy atom. The standard InChI is InChI=1S/C16H15ClN2S/c1-8-5-10(3)14-12(6-8)18-16(19-15(14)17)13-7-9(2)11(4)20-13/h5-7H,1-4H3. The van der Waals surface area contributed by atoms with E-state index in [1.54, 1.807) is 11.3 Å². The van der Waals surface area contributed by atoms with Gasteiger partial charge in [-0.2, -0.15) is 0 Å². The number of hydrogen-bond donors (Lipinski definition) is 0. The van der Waals surface area contributed by atoms with Gasteiger partial charge in [-0.05, 0) is 56.5 Å². The fourth-order valence-electron chi connectivity index (χ4n) is 2.38. The summed E-state index contributed by atoms with van der Waals surface area (Å²) >= 11 is 8.08. The van der Waals surface area contributed by atoms with Crippen LogP contribution >= 0.6 is 22.9 Å².